The fraction of sp³-hybridized carbons (Fsp3) is 0.684. The van der Waals surface area contributed by atoms with Crippen LogP contribution in [0.25, 0.3) is 0 Å². The van der Waals surface area contributed by atoms with E-state index in [0.717, 1.165) is 24.2 Å². The predicted molar refractivity (Wildman–Crippen MR) is 85.8 cm³/mol. The second kappa shape index (κ2) is 5.18. The number of hydrogen-bond acceptors (Lipinski definition) is 1. The topological polar surface area (TPSA) is 26.0 Å². The molecule has 1 aromatic carbocycles. The van der Waals surface area contributed by atoms with Crippen molar-refractivity contribution in [2.24, 2.45) is 23.5 Å². The van der Waals surface area contributed by atoms with Crippen LogP contribution in [0.1, 0.15) is 57.6 Å². The van der Waals surface area contributed by atoms with Crippen molar-refractivity contribution in [1.29, 1.82) is 0 Å². The summed E-state index contributed by atoms with van der Waals surface area (Å²) >= 11 is 0. The van der Waals surface area contributed by atoms with E-state index >= 15 is 0 Å². The summed E-state index contributed by atoms with van der Waals surface area (Å²) in [5.74, 6) is 2.75. The number of rotatable bonds is 3. The molecular weight excluding hydrogens is 242 g/mol. The quantitative estimate of drug-likeness (QED) is 0.872. The molecule has 2 N–H and O–H groups in total. The van der Waals surface area contributed by atoms with Crippen LogP contribution in [0.4, 0.5) is 0 Å². The molecule has 0 aliphatic heterocycles. The van der Waals surface area contributed by atoms with Crippen LogP contribution in [0.3, 0.4) is 0 Å². The van der Waals surface area contributed by atoms with Gasteiger partial charge in [0.1, 0.15) is 0 Å². The van der Waals surface area contributed by atoms with Crippen LogP contribution >= 0.6 is 0 Å². The van der Waals surface area contributed by atoms with Crippen molar-refractivity contribution in [3.8, 4) is 0 Å². The highest BCUT2D eigenvalue weighted by molar-refractivity contribution is 5.28. The van der Waals surface area contributed by atoms with Crippen molar-refractivity contribution in [1.82, 2.24) is 0 Å². The molecule has 0 amide bonds. The molecule has 1 aromatic rings. The summed E-state index contributed by atoms with van der Waals surface area (Å²) in [7, 11) is 0. The highest BCUT2D eigenvalue weighted by atomic mass is 14.7. The van der Waals surface area contributed by atoms with Crippen molar-refractivity contribution in [2.45, 2.75) is 64.3 Å². The molecule has 1 heteroatoms. The first-order valence-corrected chi connectivity index (χ1v) is 8.32. The Morgan fingerprint density at radius 3 is 2.10 bits per heavy atom. The van der Waals surface area contributed by atoms with Gasteiger partial charge in [-0.15, -0.1) is 0 Å². The average molecular weight is 271 g/mol. The molecule has 0 bridgehead atoms. The van der Waals surface area contributed by atoms with E-state index in [1.54, 1.807) is 0 Å². The Hall–Kier alpha value is -0.820. The number of fused-ring (bicyclic) bond motifs is 1. The lowest BCUT2D eigenvalue weighted by molar-refractivity contribution is 0.480. The highest BCUT2D eigenvalue weighted by Gasteiger charge is 2.52. The summed E-state index contributed by atoms with van der Waals surface area (Å²) in [6.45, 7) is 6.80. The molecule has 3 rings (SSSR count). The van der Waals surface area contributed by atoms with Crippen LogP contribution < -0.4 is 5.73 Å². The third-order valence-electron chi connectivity index (χ3n) is 5.51. The summed E-state index contributed by atoms with van der Waals surface area (Å²) in [4.78, 5) is 0. The van der Waals surface area contributed by atoms with Crippen LogP contribution in [-0.2, 0) is 11.8 Å². The zero-order valence-electron chi connectivity index (χ0n) is 13.2. The maximum Gasteiger partial charge on any atom is 0.0113 e. The van der Waals surface area contributed by atoms with Gasteiger partial charge >= 0.3 is 0 Å². The summed E-state index contributed by atoms with van der Waals surface area (Å²) in [5, 5.41) is 0. The summed E-state index contributed by atoms with van der Waals surface area (Å²) in [6, 6.07) is 9.51. The van der Waals surface area contributed by atoms with Gasteiger partial charge < -0.3 is 5.73 Å². The molecule has 0 aromatic heterocycles. The minimum Gasteiger partial charge on any atom is -0.327 e. The van der Waals surface area contributed by atoms with Crippen LogP contribution in [0.5, 0.6) is 0 Å². The van der Waals surface area contributed by atoms with Crippen molar-refractivity contribution < 1.29 is 0 Å². The Labute approximate surface area is 124 Å². The number of hydrogen-bond donors (Lipinski definition) is 1. The summed E-state index contributed by atoms with van der Waals surface area (Å²) in [5.41, 5.74) is 9.56. The average Bonchev–Trinajstić information content (AvgIpc) is 3.12. The first-order valence-electron chi connectivity index (χ1n) is 8.32. The van der Waals surface area contributed by atoms with Crippen LogP contribution in [0.15, 0.2) is 24.3 Å². The molecule has 0 radical (unpaired) electrons. The SMILES string of the molecule is CC(C)(C)c1ccc(CC(N)C2C3CCCCC32)cc1. The summed E-state index contributed by atoms with van der Waals surface area (Å²) in [6.07, 6.45) is 6.80. The molecule has 2 saturated carbocycles. The lowest BCUT2D eigenvalue weighted by Gasteiger charge is -2.19. The van der Waals surface area contributed by atoms with Crippen molar-refractivity contribution in [3.63, 3.8) is 0 Å². The monoisotopic (exact) mass is 271 g/mol. The maximum atomic E-state index is 6.49. The van der Waals surface area contributed by atoms with Crippen LogP contribution in [0.2, 0.25) is 0 Å². The molecule has 3 atom stereocenters. The molecule has 2 aliphatic carbocycles. The molecule has 0 saturated heterocycles. The molecule has 2 aliphatic rings. The molecule has 3 unspecified atom stereocenters. The minimum absolute atomic E-state index is 0.242. The fourth-order valence-corrected chi connectivity index (χ4v) is 4.23. The van der Waals surface area contributed by atoms with Crippen molar-refractivity contribution in [3.05, 3.63) is 35.4 Å². The van der Waals surface area contributed by atoms with Crippen molar-refractivity contribution in [2.75, 3.05) is 0 Å². The van der Waals surface area contributed by atoms with Crippen molar-refractivity contribution >= 4 is 0 Å². The smallest absolute Gasteiger partial charge is 0.0113 e. The highest BCUT2D eigenvalue weighted by Crippen LogP contribution is 2.56. The van der Waals surface area contributed by atoms with E-state index in [4.69, 9.17) is 5.73 Å². The van der Waals surface area contributed by atoms with E-state index in [0.29, 0.717) is 6.04 Å². The zero-order valence-corrected chi connectivity index (χ0v) is 13.2. The third-order valence-corrected chi connectivity index (χ3v) is 5.51. The Bertz CT molecular complexity index is 442. The second-order valence-electron chi connectivity index (χ2n) is 8.00. The number of benzene rings is 1. The van der Waals surface area contributed by atoms with E-state index in [-0.39, 0.29) is 5.41 Å². The standard InChI is InChI=1S/C19H29N/c1-19(2,3)14-10-8-13(9-11-14)12-17(20)18-15-6-4-5-7-16(15)18/h8-11,15-18H,4-7,12,20H2,1-3H3. The van der Waals surface area contributed by atoms with Gasteiger partial charge in [0.25, 0.3) is 0 Å². The molecule has 1 nitrogen and oxygen atoms in total. The third kappa shape index (κ3) is 2.79. The predicted octanol–water partition coefficient (Wildman–Crippen LogP) is 4.29. The first-order chi connectivity index (χ1) is 9.47. The van der Waals surface area contributed by atoms with Gasteiger partial charge in [0, 0.05) is 6.04 Å². The van der Waals surface area contributed by atoms with Gasteiger partial charge in [-0.25, -0.2) is 0 Å². The van der Waals surface area contributed by atoms with Crippen LogP contribution in [0, 0.1) is 17.8 Å². The summed E-state index contributed by atoms with van der Waals surface area (Å²) < 4.78 is 0. The van der Waals surface area contributed by atoms with Gasteiger partial charge in [0.15, 0.2) is 0 Å². The van der Waals surface area contributed by atoms with E-state index in [1.807, 2.05) is 0 Å². The van der Waals surface area contributed by atoms with Crippen LogP contribution in [-0.4, -0.2) is 6.04 Å². The number of nitrogens with two attached hydrogens (primary N) is 1. The molecule has 0 spiro atoms. The van der Waals surface area contributed by atoms with Gasteiger partial charge in [-0.05, 0) is 53.6 Å². The van der Waals surface area contributed by atoms with Gasteiger partial charge in [-0.1, -0.05) is 57.9 Å². The van der Waals surface area contributed by atoms with E-state index in [9.17, 15) is 0 Å². The van der Waals surface area contributed by atoms with E-state index < -0.39 is 0 Å². The molecule has 2 fully saturated rings. The van der Waals surface area contributed by atoms with E-state index in [1.165, 1.54) is 36.8 Å². The lowest BCUT2D eigenvalue weighted by Crippen LogP contribution is -2.26. The normalized spacial score (nSPS) is 30.7. The zero-order chi connectivity index (χ0) is 14.3. The maximum absolute atomic E-state index is 6.49. The fourth-order valence-electron chi connectivity index (χ4n) is 4.23. The Morgan fingerprint density at radius 1 is 1.05 bits per heavy atom. The molecule has 20 heavy (non-hydrogen) atoms. The largest absolute Gasteiger partial charge is 0.327 e. The Morgan fingerprint density at radius 2 is 1.60 bits per heavy atom. The second-order valence-corrected chi connectivity index (χ2v) is 8.00. The van der Waals surface area contributed by atoms with Gasteiger partial charge in [-0.2, -0.15) is 0 Å². The minimum atomic E-state index is 0.242. The molecule has 0 heterocycles. The Balaban J connectivity index is 1.60. The van der Waals surface area contributed by atoms with Gasteiger partial charge in [-0.3, -0.25) is 0 Å². The Kier molecular flexibility index (Phi) is 3.66. The molecular formula is C19H29N. The molecule has 110 valence electrons. The van der Waals surface area contributed by atoms with E-state index in [2.05, 4.69) is 45.0 Å². The van der Waals surface area contributed by atoms with Gasteiger partial charge in [0.2, 0.25) is 0 Å². The van der Waals surface area contributed by atoms with Gasteiger partial charge in [0.05, 0.1) is 0 Å². The lowest BCUT2D eigenvalue weighted by atomic mass is 9.86. The first kappa shape index (κ1) is 14.1.